The number of aromatic nitrogens is 1. The van der Waals surface area contributed by atoms with Crippen LogP contribution in [0.15, 0.2) is 65.1 Å². The average molecular weight is 520 g/mol. The highest BCUT2D eigenvalue weighted by Crippen LogP contribution is 2.32. The molecule has 186 valence electrons. The molecule has 0 unspecified atom stereocenters. The van der Waals surface area contributed by atoms with Gasteiger partial charge in [-0.1, -0.05) is 64.4 Å². The molecule has 36 heavy (non-hydrogen) atoms. The van der Waals surface area contributed by atoms with Crippen LogP contribution in [0.2, 0.25) is 5.02 Å². The highest BCUT2D eigenvalue weighted by Gasteiger charge is 2.16. The molecule has 4 aromatic rings. The fourth-order valence-corrected chi connectivity index (χ4v) is 4.18. The van der Waals surface area contributed by atoms with Crippen LogP contribution in [0, 0.1) is 0 Å². The van der Waals surface area contributed by atoms with Gasteiger partial charge in [0.25, 0.3) is 5.91 Å². The first kappa shape index (κ1) is 25.9. The maximum atomic E-state index is 12.7. The van der Waals surface area contributed by atoms with Crippen LogP contribution >= 0.6 is 23.8 Å². The standard InChI is InChI=1S/C29H30ClN3O2S/c1-6-17(2)19-10-14-25-24(15-19)31-27(35-25)20-9-13-22(30)23(16-20)32-28(36)33-26(34)18-7-11-21(12-8-18)29(3,4)5/h7-17H,6H2,1-5H3,(H2,32,33,34,36)/t17-/m1/s1. The van der Waals surface area contributed by atoms with Crippen molar-refractivity contribution in [1.29, 1.82) is 0 Å². The van der Waals surface area contributed by atoms with E-state index in [2.05, 4.69) is 62.4 Å². The second kappa shape index (κ2) is 10.4. The molecule has 3 aromatic carbocycles. The Bertz CT molecular complexity index is 1420. The van der Waals surface area contributed by atoms with Crippen LogP contribution in [0.1, 0.15) is 68.4 Å². The molecule has 0 radical (unpaired) electrons. The van der Waals surface area contributed by atoms with E-state index >= 15 is 0 Å². The van der Waals surface area contributed by atoms with Crippen LogP contribution in [0.25, 0.3) is 22.6 Å². The largest absolute Gasteiger partial charge is 0.436 e. The molecule has 1 heterocycles. The molecular weight excluding hydrogens is 490 g/mol. The van der Waals surface area contributed by atoms with Crippen LogP contribution in [0.5, 0.6) is 0 Å². The first-order chi connectivity index (χ1) is 17.0. The molecule has 1 aromatic heterocycles. The van der Waals surface area contributed by atoms with Crippen molar-refractivity contribution in [3.8, 4) is 11.5 Å². The number of fused-ring (bicyclic) bond motifs is 1. The molecule has 4 rings (SSSR count). The number of anilines is 1. The van der Waals surface area contributed by atoms with Crippen molar-refractivity contribution in [3.05, 3.63) is 82.4 Å². The Kier molecular flexibility index (Phi) is 7.48. The number of oxazole rings is 1. The Hall–Kier alpha value is -3.22. The van der Waals surface area contributed by atoms with Crippen molar-refractivity contribution in [2.45, 2.75) is 52.4 Å². The van der Waals surface area contributed by atoms with E-state index in [1.54, 1.807) is 24.3 Å². The SMILES string of the molecule is CC[C@@H](C)c1ccc2oc(-c3ccc(Cl)c(NC(=S)NC(=O)c4ccc(C(C)(C)C)cc4)c3)nc2c1. The van der Waals surface area contributed by atoms with E-state index < -0.39 is 0 Å². The monoisotopic (exact) mass is 519 g/mol. The molecule has 0 spiro atoms. The quantitative estimate of drug-likeness (QED) is 0.261. The topological polar surface area (TPSA) is 67.2 Å². The lowest BCUT2D eigenvalue weighted by atomic mass is 9.87. The summed E-state index contributed by atoms with van der Waals surface area (Å²) in [7, 11) is 0. The van der Waals surface area contributed by atoms with Crippen LogP contribution < -0.4 is 10.6 Å². The van der Waals surface area contributed by atoms with Gasteiger partial charge < -0.3 is 9.73 Å². The highest BCUT2D eigenvalue weighted by atomic mass is 35.5. The van der Waals surface area contributed by atoms with Gasteiger partial charge in [-0.05, 0) is 83.6 Å². The normalized spacial score (nSPS) is 12.4. The number of hydrogen-bond donors (Lipinski definition) is 2. The van der Waals surface area contributed by atoms with Crippen LogP contribution in [0.3, 0.4) is 0 Å². The van der Waals surface area contributed by atoms with Crippen molar-refractivity contribution in [2.24, 2.45) is 0 Å². The van der Waals surface area contributed by atoms with E-state index in [-0.39, 0.29) is 16.4 Å². The van der Waals surface area contributed by atoms with Crippen molar-refractivity contribution in [2.75, 3.05) is 5.32 Å². The molecule has 0 saturated carbocycles. The molecule has 0 fully saturated rings. The molecule has 0 bridgehead atoms. The lowest BCUT2D eigenvalue weighted by molar-refractivity contribution is 0.0977. The number of benzene rings is 3. The fourth-order valence-electron chi connectivity index (χ4n) is 3.81. The number of hydrogen-bond acceptors (Lipinski definition) is 4. The Labute approximate surface area is 222 Å². The Morgan fingerprint density at radius 1 is 1.08 bits per heavy atom. The average Bonchev–Trinajstić information content (AvgIpc) is 3.27. The second-order valence-electron chi connectivity index (χ2n) is 9.99. The summed E-state index contributed by atoms with van der Waals surface area (Å²) < 4.78 is 5.99. The summed E-state index contributed by atoms with van der Waals surface area (Å²) in [6.45, 7) is 10.8. The van der Waals surface area contributed by atoms with E-state index in [1.165, 1.54) is 5.56 Å². The second-order valence-corrected chi connectivity index (χ2v) is 10.8. The summed E-state index contributed by atoms with van der Waals surface area (Å²) in [6.07, 6.45) is 1.06. The zero-order valence-corrected chi connectivity index (χ0v) is 22.7. The van der Waals surface area contributed by atoms with Crippen molar-refractivity contribution in [1.82, 2.24) is 10.3 Å². The van der Waals surface area contributed by atoms with E-state index in [9.17, 15) is 4.79 Å². The first-order valence-corrected chi connectivity index (χ1v) is 12.8. The molecule has 0 aliphatic heterocycles. The summed E-state index contributed by atoms with van der Waals surface area (Å²) in [6, 6.07) is 19.0. The van der Waals surface area contributed by atoms with Gasteiger partial charge in [0.2, 0.25) is 5.89 Å². The Morgan fingerprint density at radius 2 is 1.81 bits per heavy atom. The predicted octanol–water partition coefficient (Wildman–Crippen LogP) is 8.09. The first-order valence-electron chi connectivity index (χ1n) is 12.0. The lowest BCUT2D eigenvalue weighted by Crippen LogP contribution is -2.34. The number of halogens is 1. The van der Waals surface area contributed by atoms with Gasteiger partial charge >= 0.3 is 0 Å². The minimum Gasteiger partial charge on any atom is -0.436 e. The van der Waals surface area contributed by atoms with Crippen LogP contribution in [0.4, 0.5) is 5.69 Å². The third-order valence-corrected chi connectivity index (χ3v) is 6.83. The third-order valence-electron chi connectivity index (χ3n) is 6.29. The summed E-state index contributed by atoms with van der Waals surface area (Å²) in [5, 5.41) is 6.34. The highest BCUT2D eigenvalue weighted by molar-refractivity contribution is 7.80. The summed E-state index contributed by atoms with van der Waals surface area (Å²) in [5.74, 6) is 0.643. The molecule has 0 aliphatic carbocycles. The summed E-state index contributed by atoms with van der Waals surface area (Å²) >= 11 is 11.8. The van der Waals surface area contributed by atoms with Crippen molar-refractivity contribution in [3.63, 3.8) is 0 Å². The van der Waals surface area contributed by atoms with Gasteiger partial charge in [0, 0.05) is 11.1 Å². The van der Waals surface area contributed by atoms with Gasteiger partial charge in [-0.2, -0.15) is 0 Å². The van der Waals surface area contributed by atoms with E-state index in [4.69, 9.17) is 28.2 Å². The number of amides is 1. The molecule has 0 aliphatic rings. The molecule has 5 nitrogen and oxygen atoms in total. The number of nitrogens with one attached hydrogen (secondary N) is 2. The van der Waals surface area contributed by atoms with Gasteiger partial charge in [-0.25, -0.2) is 4.98 Å². The number of carbonyl (C=O) groups excluding carboxylic acids is 1. The maximum Gasteiger partial charge on any atom is 0.257 e. The molecule has 2 N–H and O–H groups in total. The Balaban J connectivity index is 1.49. The number of thiocarbonyl (C=S) groups is 1. The van der Waals surface area contributed by atoms with E-state index in [0.717, 1.165) is 28.6 Å². The molecule has 0 saturated heterocycles. The van der Waals surface area contributed by atoms with Gasteiger partial charge in [-0.3, -0.25) is 10.1 Å². The van der Waals surface area contributed by atoms with Crippen molar-refractivity contribution >= 4 is 51.6 Å². The lowest BCUT2D eigenvalue weighted by Gasteiger charge is -2.19. The predicted molar refractivity (Wildman–Crippen MR) is 152 cm³/mol. The van der Waals surface area contributed by atoms with E-state index in [0.29, 0.717) is 28.1 Å². The zero-order chi connectivity index (χ0) is 26.0. The molecule has 1 atom stereocenters. The summed E-state index contributed by atoms with van der Waals surface area (Å²) in [4.78, 5) is 17.4. The number of nitrogens with zero attached hydrogens (tertiary/aromatic N) is 1. The van der Waals surface area contributed by atoms with Crippen LogP contribution in [-0.2, 0) is 5.41 Å². The zero-order valence-electron chi connectivity index (χ0n) is 21.1. The van der Waals surface area contributed by atoms with Crippen molar-refractivity contribution < 1.29 is 9.21 Å². The third kappa shape index (κ3) is 5.77. The maximum absolute atomic E-state index is 12.7. The summed E-state index contributed by atoms with van der Waals surface area (Å²) in [5.41, 5.74) is 5.75. The van der Waals surface area contributed by atoms with Gasteiger partial charge in [0.15, 0.2) is 10.7 Å². The smallest absolute Gasteiger partial charge is 0.257 e. The molecular formula is C29H30ClN3O2S. The number of rotatable bonds is 5. The van der Waals surface area contributed by atoms with Gasteiger partial charge in [0.1, 0.15) is 5.52 Å². The number of carbonyl (C=O) groups is 1. The minimum absolute atomic E-state index is 0.0124. The molecule has 1 amide bonds. The molecule has 7 heteroatoms. The van der Waals surface area contributed by atoms with Gasteiger partial charge in [0.05, 0.1) is 10.7 Å². The van der Waals surface area contributed by atoms with Gasteiger partial charge in [-0.15, -0.1) is 0 Å². The van der Waals surface area contributed by atoms with E-state index in [1.807, 2.05) is 24.3 Å². The minimum atomic E-state index is -0.295. The van der Waals surface area contributed by atoms with Crippen LogP contribution in [-0.4, -0.2) is 16.0 Å². The fraction of sp³-hybridized carbons (Fsp3) is 0.276. The Morgan fingerprint density at radius 3 is 2.47 bits per heavy atom.